The van der Waals surface area contributed by atoms with E-state index in [9.17, 15) is 0 Å². The largest absolute Gasteiger partial charge is 4.00 e. The third-order valence-corrected chi connectivity index (χ3v) is 12.7. The molecule has 0 N–H and O–H groups in total. The molecule has 0 aromatic heterocycles. The van der Waals surface area contributed by atoms with Crippen LogP contribution in [0.3, 0.4) is 0 Å². The van der Waals surface area contributed by atoms with Gasteiger partial charge in [-0.1, -0.05) is 141 Å². The molecular weight excluding hydrogens is 615 g/mol. The van der Waals surface area contributed by atoms with Crippen molar-refractivity contribution in [1.82, 2.24) is 0 Å². The van der Waals surface area contributed by atoms with Crippen LogP contribution < -0.4 is 52.8 Å². The summed E-state index contributed by atoms with van der Waals surface area (Å²) in [5.74, 6) is 0. The van der Waals surface area contributed by atoms with Gasteiger partial charge < -0.3 is 37.2 Å². The standard InChI is InChI=1S/C36H45Si.3ClH.Ti/c1-24-15-25(2)18-31(17-24)37(34-14-12-13-28(34)5,32-19-26(3)16-27(4)20-32)33-22-29(35(6,7)8)21-30(23-33)36(9,10)11;;;;/h14-23H,12H2,1-11H3;3*1H;/q-1;;;;+4/p-3. The first-order valence-corrected chi connectivity index (χ1v) is 15.7. The summed E-state index contributed by atoms with van der Waals surface area (Å²) < 4.78 is 0. The van der Waals surface area contributed by atoms with Crippen molar-refractivity contribution >= 4 is 23.6 Å². The van der Waals surface area contributed by atoms with Crippen LogP contribution in [0.15, 0.2) is 71.4 Å². The van der Waals surface area contributed by atoms with Crippen LogP contribution in [0.2, 0.25) is 0 Å². The average Bonchev–Trinajstić information content (AvgIpc) is 3.18. The number of benzene rings is 3. The number of halogens is 3. The van der Waals surface area contributed by atoms with Crippen LogP contribution >= 0.6 is 0 Å². The molecule has 3 aromatic carbocycles. The zero-order valence-corrected chi connectivity index (χ0v) is 31.4. The van der Waals surface area contributed by atoms with E-state index in [1.54, 1.807) is 0 Å². The van der Waals surface area contributed by atoms with Gasteiger partial charge in [0, 0.05) is 0 Å². The van der Waals surface area contributed by atoms with E-state index in [2.05, 4.69) is 143 Å². The minimum absolute atomic E-state index is 0. The summed E-state index contributed by atoms with van der Waals surface area (Å²) in [6.07, 6.45) is 7.07. The second-order valence-corrected chi connectivity index (χ2v) is 17.2. The maximum absolute atomic E-state index is 3.69. The Bertz CT molecular complexity index is 1300. The second kappa shape index (κ2) is 14.6. The van der Waals surface area contributed by atoms with E-state index in [1.165, 1.54) is 59.7 Å². The molecule has 0 unspecified atom stereocenters. The van der Waals surface area contributed by atoms with Crippen LogP contribution in [0, 0.1) is 33.8 Å². The van der Waals surface area contributed by atoms with E-state index >= 15 is 0 Å². The Kier molecular flexibility index (Phi) is 14.2. The van der Waals surface area contributed by atoms with E-state index in [-0.39, 0.29) is 69.8 Å². The van der Waals surface area contributed by atoms with Crippen molar-refractivity contribution in [3.05, 3.63) is 111 Å². The zero-order chi connectivity index (χ0) is 27.3. The molecule has 3 aromatic rings. The van der Waals surface area contributed by atoms with Gasteiger partial charge in [0.1, 0.15) is 0 Å². The molecule has 0 bridgehead atoms. The van der Waals surface area contributed by atoms with Crippen LogP contribution in [-0.4, -0.2) is 8.07 Å². The molecule has 218 valence electrons. The number of allylic oxidation sites excluding steroid dienone is 4. The summed E-state index contributed by atoms with van der Waals surface area (Å²) >= 11 is 0. The summed E-state index contributed by atoms with van der Waals surface area (Å²) in [7, 11) is -2.64. The van der Waals surface area contributed by atoms with Crippen molar-refractivity contribution in [3.8, 4) is 0 Å². The van der Waals surface area contributed by atoms with Gasteiger partial charge in [-0.05, 0) is 49.7 Å². The summed E-state index contributed by atoms with van der Waals surface area (Å²) in [5.41, 5.74) is 9.63. The van der Waals surface area contributed by atoms with E-state index in [0.29, 0.717) is 0 Å². The molecule has 4 rings (SSSR count). The van der Waals surface area contributed by atoms with Gasteiger partial charge in [0.2, 0.25) is 0 Å². The zero-order valence-electron chi connectivity index (χ0n) is 26.6. The fourth-order valence-electron chi connectivity index (χ4n) is 6.05. The molecule has 0 amide bonds. The molecule has 41 heavy (non-hydrogen) atoms. The molecule has 0 aliphatic heterocycles. The molecule has 0 radical (unpaired) electrons. The smallest absolute Gasteiger partial charge is 1.00 e. The first kappa shape index (κ1) is 39.9. The van der Waals surface area contributed by atoms with E-state index in [4.69, 9.17) is 0 Å². The number of rotatable bonds is 4. The van der Waals surface area contributed by atoms with Gasteiger partial charge in [0.05, 0.1) is 8.07 Å². The van der Waals surface area contributed by atoms with Crippen molar-refractivity contribution in [1.29, 1.82) is 0 Å². The summed E-state index contributed by atoms with van der Waals surface area (Å²) in [5, 5.41) is 5.97. The molecule has 0 saturated heterocycles. The minimum atomic E-state index is -2.64. The molecule has 0 fully saturated rings. The number of hydrogen-bond donors (Lipinski definition) is 0. The fraction of sp³-hybridized carbons (Fsp3) is 0.389. The minimum Gasteiger partial charge on any atom is -1.00 e. The maximum atomic E-state index is 3.69. The molecular formula is C36H45Cl3SiTi. The van der Waals surface area contributed by atoms with Crippen LogP contribution in [0.1, 0.15) is 88.3 Å². The van der Waals surface area contributed by atoms with Gasteiger partial charge in [-0.15, -0.1) is 6.42 Å². The van der Waals surface area contributed by atoms with E-state index in [1.807, 2.05) is 0 Å². The molecule has 0 heterocycles. The predicted molar refractivity (Wildman–Crippen MR) is 165 cm³/mol. The summed E-state index contributed by atoms with van der Waals surface area (Å²) in [6, 6.07) is 22.1. The molecule has 0 saturated carbocycles. The molecule has 1 aliphatic carbocycles. The SMILES string of the molecule is CC1=[C-]CC=C1[Si](c1cc(C)cc(C)c1)(c1cc(C)cc(C)c1)c1cc(C(C)(C)C)cc(C(C)(C)C)c1.[Cl-].[Cl-].[Cl-].[Ti+4]. The second-order valence-electron chi connectivity index (χ2n) is 13.4. The molecule has 0 spiro atoms. The van der Waals surface area contributed by atoms with Crippen LogP contribution in [0.4, 0.5) is 0 Å². The monoisotopic (exact) mass is 658 g/mol. The van der Waals surface area contributed by atoms with Gasteiger partial charge in [-0.25, -0.2) is 5.57 Å². The van der Waals surface area contributed by atoms with Gasteiger partial charge in [0.25, 0.3) is 0 Å². The van der Waals surface area contributed by atoms with Gasteiger partial charge >= 0.3 is 21.7 Å². The van der Waals surface area contributed by atoms with E-state index < -0.39 is 8.07 Å². The predicted octanol–water partition coefficient (Wildman–Crippen LogP) is -1.39. The maximum Gasteiger partial charge on any atom is 4.00 e. The first-order valence-electron chi connectivity index (χ1n) is 13.7. The molecule has 0 nitrogen and oxygen atoms in total. The topological polar surface area (TPSA) is 0 Å². The molecule has 1 aliphatic rings. The third-order valence-electron chi connectivity index (χ3n) is 7.89. The van der Waals surface area contributed by atoms with Crippen LogP contribution in [-0.2, 0) is 32.5 Å². The van der Waals surface area contributed by atoms with Gasteiger partial charge in [0.15, 0.2) is 0 Å². The fourth-order valence-corrected chi connectivity index (χ4v) is 11.6. The Morgan fingerprint density at radius 3 is 1.17 bits per heavy atom. The number of aryl methyl sites for hydroxylation is 4. The van der Waals surface area contributed by atoms with Crippen molar-refractivity contribution < 1.29 is 58.9 Å². The first-order chi connectivity index (χ1) is 17.1. The summed E-state index contributed by atoms with van der Waals surface area (Å²) in [4.78, 5) is 0. The molecule has 0 atom stereocenters. The van der Waals surface area contributed by atoms with Crippen molar-refractivity contribution in [2.45, 2.75) is 93.4 Å². The number of hydrogen-bond acceptors (Lipinski definition) is 0. The normalized spacial score (nSPS) is 13.1. The Morgan fingerprint density at radius 2 is 0.878 bits per heavy atom. The Labute approximate surface area is 285 Å². The van der Waals surface area contributed by atoms with Crippen LogP contribution in [0.5, 0.6) is 0 Å². The van der Waals surface area contributed by atoms with Crippen molar-refractivity contribution in [2.24, 2.45) is 0 Å². The Balaban J connectivity index is 0.00000400. The molecule has 5 heteroatoms. The average molecular weight is 660 g/mol. The van der Waals surface area contributed by atoms with Crippen LogP contribution in [0.25, 0.3) is 0 Å². The van der Waals surface area contributed by atoms with Crippen molar-refractivity contribution in [2.75, 3.05) is 0 Å². The Morgan fingerprint density at radius 1 is 0.537 bits per heavy atom. The van der Waals surface area contributed by atoms with Crippen molar-refractivity contribution in [3.63, 3.8) is 0 Å². The van der Waals surface area contributed by atoms with E-state index in [0.717, 1.165) is 6.42 Å². The summed E-state index contributed by atoms with van der Waals surface area (Å²) in [6.45, 7) is 25.4. The Hall–Kier alpha value is -1.06. The third kappa shape index (κ3) is 8.11. The van der Waals surface area contributed by atoms with Gasteiger partial charge in [-0.3, -0.25) is 6.08 Å². The quantitative estimate of drug-likeness (QED) is 0.184. The van der Waals surface area contributed by atoms with Gasteiger partial charge in [-0.2, -0.15) is 11.3 Å².